The highest BCUT2D eigenvalue weighted by Crippen LogP contribution is 2.36. The zero-order valence-electron chi connectivity index (χ0n) is 17.7. The number of carbonyl (C=O) groups is 3. The summed E-state index contributed by atoms with van der Waals surface area (Å²) < 4.78 is 11.6. The van der Waals surface area contributed by atoms with Crippen LogP contribution in [0, 0.1) is 0 Å². The first kappa shape index (κ1) is 20.3. The molecule has 0 radical (unpaired) electrons. The van der Waals surface area contributed by atoms with Crippen molar-refractivity contribution in [1.29, 1.82) is 0 Å². The fourth-order valence-corrected chi connectivity index (χ4v) is 4.35. The molecule has 0 saturated heterocycles. The highest BCUT2D eigenvalue weighted by Gasteiger charge is 2.34. The van der Waals surface area contributed by atoms with Crippen molar-refractivity contribution >= 4 is 23.3 Å². The molecule has 0 atom stereocenters. The van der Waals surface area contributed by atoms with E-state index in [1.54, 1.807) is 30.3 Å². The third-order valence-electron chi connectivity index (χ3n) is 5.96. The number of ketones is 1. The van der Waals surface area contributed by atoms with Crippen LogP contribution in [0.5, 0.6) is 11.5 Å². The summed E-state index contributed by atoms with van der Waals surface area (Å²) >= 11 is 0. The molecule has 32 heavy (non-hydrogen) atoms. The molecule has 0 saturated carbocycles. The molecule has 2 aromatic carbocycles. The Balaban J connectivity index is 1.25. The number of rotatable bonds is 5. The number of allylic oxidation sites excluding steroid dienone is 1. The standard InChI is InChI=1S/C25H24N2O5/c28-17(5-3-10-27-24(29)18-6-1-2-7-19(18)25(27)30)14-21-20-15-23-22(31-11-4-12-32-23)13-16(20)8-9-26-21/h1-2,6-7,13-15,26H,3-5,8-12H2. The number of benzene rings is 2. The van der Waals surface area contributed by atoms with Crippen LogP contribution < -0.4 is 14.8 Å². The van der Waals surface area contributed by atoms with Gasteiger partial charge in [-0.05, 0) is 42.7 Å². The minimum atomic E-state index is -0.290. The van der Waals surface area contributed by atoms with Crippen molar-refractivity contribution in [2.45, 2.75) is 25.7 Å². The maximum absolute atomic E-state index is 12.7. The van der Waals surface area contributed by atoms with Crippen molar-refractivity contribution in [2.75, 3.05) is 26.3 Å². The molecule has 1 N–H and O–H groups in total. The summed E-state index contributed by atoms with van der Waals surface area (Å²) in [6, 6.07) is 10.8. The van der Waals surface area contributed by atoms with Gasteiger partial charge in [-0.1, -0.05) is 12.1 Å². The summed E-state index contributed by atoms with van der Waals surface area (Å²) in [6.07, 6.45) is 3.97. The van der Waals surface area contributed by atoms with E-state index in [0.29, 0.717) is 36.5 Å². The van der Waals surface area contributed by atoms with Gasteiger partial charge in [0.25, 0.3) is 11.8 Å². The predicted octanol–water partition coefficient (Wildman–Crippen LogP) is 2.98. The number of amides is 2. The van der Waals surface area contributed by atoms with Gasteiger partial charge in [0.05, 0.1) is 24.3 Å². The number of nitrogens with zero attached hydrogens (tertiary/aromatic N) is 1. The van der Waals surface area contributed by atoms with Crippen molar-refractivity contribution in [3.8, 4) is 11.5 Å². The molecule has 0 unspecified atom stereocenters. The number of carbonyl (C=O) groups excluding carboxylic acids is 3. The van der Waals surface area contributed by atoms with E-state index in [2.05, 4.69) is 5.32 Å². The van der Waals surface area contributed by atoms with Gasteiger partial charge in [-0.25, -0.2) is 0 Å². The molecule has 0 bridgehead atoms. The second kappa shape index (κ2) is 8.49. The molecule has 3 aliphatic rings. The van der Waals surface area contributed by atoms with Crippen molar-refractivity contribution < 1.29 is 23.9 Å². The first-order valence-electron chi connectivity index (χ1n) is 11.0. The van der Waals surface area contributed by atoms with Crippen molar-refractivity contribution in [3.63, 3.8) is 0 Å². The van der Waals surface area contributed by atoms with Gasteiger partial charge < -0.3 is 14.8 Å². The molecule has 2 aromatic rings. The van der Waals surface area contributed by atoms with Crippen LogP contribution in [0.1, 0.15) is 51.1 Å². The van der Waals surface area contributed by atoms with Crippen molar-refractivity contribution in [2.24, 2.45) is 0 Å². The number of imide groups is 1. The van der Waals surface area contributed by atoms with Crippen LogP contribution in [0.15, 0.2) is 42.5 Å². The number of hydrogen-bond donors (Lipinski definition) is 1. The number of ether oxygens (including phenoxy) is 2. The van der Waals surface area contributed by atoms with E-state index >= 15 is 0 Å². The van der Waals surface area contributed by atoms with Crippen LogP contribution in [0.4, 0.5) is 0 Å². The summed E-state index contributed by atoms with van der Waals surface area (Å²) in [6.45, 7) is 2.21. The van der Waals surface area contributed by atoms with Gasteiger partial charge in [-0.2, -0.15) is 0 Å². The van der Waals surface area contributed by atoms with Crippen molar-refractivity contribution in [1.82, 2.24) is 10.2 Å². The summed E-state index contributed by atoms with van der Waals surface area (Å²) in [5, 5.41) is 3.31. The van der Waals surface area contributed by atoms with E-state index in [-0.39, 0.29) is 30.6 Å². The maximum Gasteiger partial charge on any atom is 0.261 e. The molecule has 0 aromatic heterocycles. The van der Waals surface area contributed by atoms with Gasteiger partial charge in [-0.15, -0.1) is 0 Å². The Kier molecular flexibility index (Phi) is 5.39. The van der Waals surface area contributed by atoms with Gasteiger partial charge in [0.2, 0.25) is 0 Å². The lowest BCUT2D eigenvalue weighted by Gasteiger charge is -2.23. The molecule has 0 spiro atoms. The Morgan fingerprint density at radius 3 is 2.41 bits per heavy atom. The number of nitrogens with one attached hydrogen (secondary N) is 1. The fourth-order valence-electron chi connectivity index (χ4n) is 4.35. The SMILES string of the molecule is O=C(C=C1NCCc2cc3c(cc21)OCCCO3)CCCN1C(=O)c2ccccc2C1=O. The quantitative estimate of drug-likeness (QED) is 0.578. The summed E-state index contributed by atoms with van der Waals surface area (Å²) in [7, 11) is 0. The highest BCUT2D eigenvalue weighted by molar-refractivity contribution is 6.21. The van der Waals surface area contributed by atoms with Gasteiger partial charge in [0, 0.05) is 43.3 Å². The van der Waals surface area contributed by atoms with Crippen LogP contribution in [-0.4, -0.2) is 48.8 Å². The van der Waals surface area contributed by atoms with Crippen LogP contribution in [-0.2, 0) is 11.2 Å². The minimum Gasteiger partial charge on any atom is -0.490 e. The molecule has 7 heteroatoms. The van der Waals surface area contributed by atoms with E-state index < -0.39 is 0 Å². The van der Waals surface area contributed by atoms with Gasteiger partial charge in [-0.3, -0.25) is 19.3 Å². The first-order chi connectivity index (χ1) is 15.6. The third kappa shape index (κ3) is 3.75. The Morgan fingerprint density at radius 1 is 1.00 bits per heavy atom. The summed E-state index contributed by atoms with van der Waals surface area (Å²) in [5.74, 6) is 0.831. The van der Waals surface area contributed by atoms with E-state index in [0.717, 1.165) is 42.0 Å². The Labute approximate surface area is 186 Å². The first-order valence-corrected chi connectivity index (χ1v) is 11.0. The number of fused-ring (bicyclic) bond motifs is 3. The van der Waals surface area contributed by atoms with E-state index in [1.807, 2.05) is 12.1 Å². The normalized spacial score (nSPS) is 18.1. The van der Waals surface area contributed by atoms with Gasteiger partial charge in [0.15, 0.2) is 17.3 Å². The molecule has 0 fully saturated rings. The second-order valence-corrected chi connectivity index (χ2v) is 8.12. The summed E-state index contributed by atoms with van der Waals surface area (Å²) in [4.78, 5) is 38.8. The lowest BCUT2D eigenvalue weighted by molar-refractivity contribution is -0.114. The largest absolute Gasteiger partial charge is 0.490 e. The Bertz CT molecular complexity index is 1100. The molecule has 3 aliphatic heterocycles. The van der Waals surface area contributed by atoms with E-state index in [1.165, 1.54) is 4.90 Å². The lowest BCUT2D eigenvalue weighted by atomic mass is 9.96. The Morgan fingerprint density at radius 2 is 1.69 bits per heavy atom. The van der Waals surface area contributed by atoms with Gasteiger partial charge >= 0.3 is 0 Å². The molecule has 0 aliphatic carbocycles. The molecular weight excluding hydrogens is 408 g/mol. The van der Waals surface area contributed by atoms with Crippen LogP contribution in [0.25, 0.3) is 5.70 Å². The van der Waals surface area contributed by atoms with E-state index in [4.69, 9.17) is 9.47 Å². The predicted molar refractivity (Wildman–Crippen MR) is 118 cm³/mol. The smallest absolute Gasteiger partial charge is 0.261 e. The molecule has 164 valence electrons. The molecule has 2 amide bonds. The molecular formula is C25H24N2O5. The zero-order chi connectivity index (χ0) is 22.1. The third-order valence-corrected chi connectivity index (χ3v) is 5.96. The zero-order valence-corrected chi connectivity index (χ0v) is 17.7. The topological polar surface area (TPSA) is 84.9 Å². The van der Waals surface area contributed by atoms with E-state index in [9.17, 15) is 14.4 Å². The number of hydrogen-bond acceptors (Lipinski definition) is 6. The maximum atomic E-state index is 12.7. The lowest BCUT2D eigenvalue weighted by Crippen LogP contribution is -2.31. The highest BCUT2D eigenvalue weighted by atomic mass is 16.5. The van der Waals surface area contributed by atoms with Gasteiger partial charge in [0.1, 0.15) is 0 Å². The molecule has 5 rings (SSSR count). The van der Waals surface area contributed by atoms with Crippen molar-refractivity contribution in [3.05, 3.63) is 64.7 Å². The average Bonchev–Trinajstić information content (AvgIpc) is 2.95. The molecule has 7 nitrogen and oxygen atoms in total. The monoisotopic (exact) mass is 432 g/mol. The van der Waals surface area contributed by atoms with Crippen LogP contribution in [0.2, 0.25) is 0 Å². The fraction of sp³-hybridized carbons (Fsp3) is 0.320. The average molecular weight is 432 g/mol. The minimum absolute atomic E-state index is 0.0518. The Hall–Kier alpha value is -3.61. The van der Waals surface area contributed by atoms with Crippen LogP contribution >= 0.6 is 0 Å². The van der Waals surface area contributed by atoms with Crippen LogP contribution in [0.3, 0.4) is 0 Å². The second-order valence-electron chi connectivity index (χ2n) is 8.12. The summed E-state index contributed by atoms with van der Waals surface area (Å²) in [5.41, 5.74) is 3.71. The molecule has 3 heterocycles.